The van der Waals surface area contributed by atoms with Crippen LogP contribution in [0.25, 0.3) is 33.5 Å². The van der Waals surface area contributed by atoms with Crippen molar-refractivity contribution >= 4 is 28.6 Å². The molecule has 0 aliphatic rings. The fourth-order valence-corrected chi connectivity index (χ4v) is 4.05. The largest absolute Gasteiger partial charge is 0.449 e. The number of nitrogens with zero attached hydrogens (tertiary/aromatic N) is 2. The van der Waals surface area contributed by atoms with E-state index in [4.69, 9.17) is 14.7 Å². The van der Waals surface area contributed by atoms with Gasteiger partial charge in [-0.2, -0.15) is 0 Å². The van der Waals surface area contributed by atoms with Gasteiger partial charge in [-0.15, -0.1) is 0 Å². The Kier molecular flexibility index (Phi) is 6.96. The summed E-state index contributed by atoms with van der Waals surface area (Å²) in [6.45, 7) is 5.62. The molecule has 6 nitrogen and oxygen atoms in total. The number of aryl methyl sites for hydroxylation is 2. The molecule has 38 heavy (non-hydrogen) atoms. The Balaban J connectivity index is 1.46. The maximum Gasteiger partial charge on any atom is 0.338 e. The van der Waals surface area contributed by atoms with E-state index in [9.17, 15) is 9.59 Å². The van der Waals surface area contributed by atoms with Crippen LogP contribution in [-0.2, 0) is 9.53 Å². The number of benzene rings is 4. The molecule has 0 saturated heterocycles. The van der Waals surface area contributed by atoms with Crippen LogP contribution in [-0.4, -0.2) is 27.9 Å². The molecule has 0 aliphatic carbocycles. The molecule has 5 aromatic rings. The van der Waals surface area contributed by atoms with Gasteiger partial charge in [0.2, 0.25) is 0 Å². The third kappa shape index (κ3) is 5.44. The lowest BCUT2D eigenvalue weighted by atomic mass is 10.0. The minimum Gasteiger partial charge on any atom is -0.449 e. The van der Waals surface area contributed by atoms with Gasteiger partial charge in [0.1, 0.15) is 0 Å². The minimum absolute atomic E-state index is 0.295. The highest BCUT2D eigenvalue weighted by Gasteiger charge is 2.20. The SMILES string of the molecule is Cc1ccc(-c2nc3ccc(C(=O)OC(C)C(=O)Nc4ccccc4)cc3nc2-c2ccc(C)cc2)cc1. The number of fused-ring (bicyclic) bond motifs is 1. The third-order valence-corrected chi connectivity index (χ3v) is 6.24. The Morgan fingerprint density at radius 1 is 0.711 bits per heavy atom. The van der Waals surface area contributed by atoms with Crippen LogP contribution in [0.2, 0.25) is 0 Å². The molecule has 5 rings (SSSR count). The van der Waals surface area contributed by atoms with E-state index in [0.717, 1.165) is 33.6 Å². The van der Waals surface area contributed by atoms with Crippen molar-refractivity contribution in [3.05, 3.63) is 114 Å². The van der Waals surface area contributed by atoms with Gasteiger partial charge in [-0.3, -0.25) is 4.79 Å². The number of aromatic nitrogens is 2. The first kappa shape index (κ1) is 24.8. The molecule has 0 spiro atoms. The third-order valence-electron chi connectivity index (χ3n) is 6.24. The summed E-state index contributed by atoms with van der Waals surface area (Å²) in [5, 5.41) is 2.74. The van der Waals surface area contributed by atoms with E-state index in [1.165, 1.54) is 0 Å². The van der Waals surface area contributed by atoms with Gasteiger partial charge < -0.3 is 10.1 Å². The Morgan fingerprint density at radius 2 is 1.26 bits per heavy atom. The molecule has 0 saturated carbocycles. The maximum absolute atomic E-state index is 12.9. The number of amides is 1. The first-order valence-corrected chi connectivity index (χ1v) is 12.4. The van der Waals surface area contributed by atoms with Crippen LogP contribution < -0.4 is 5.32 Å². The van der Waals surface area contributed by atoms with Gasteiger partial charge >= 0.3 is 5.97 Å². The van der Waals surface area contributed by atoms with E-state index in [2.05, 4.69) is 5.32 Å². The average Bonchev–Trinajstić information content (AvgIpc) is 2.93. The lowest BCUT2D eigenvalue weighted by molar-refractivity contribution is -0.123. The number of anilines is 1. The monoisotopic (exact) mass is 501 g/mol. The summed E-state index contributed by atoms with van der Waals surface area (Å²) in [5.41, 5.74) is 7.84. The van der Waals surface area contributed by atoms with Gasteiger partial charge in [0.05, 0.1) is 28.0 Å². The lowest BCUT2D eigenvalue weighted by Crippen LogP contribution is -2.30. The molecule has 1 aromatic heterocycles. The van der Waals surface area contributed by atoms with E-state index >= 15 is 0 Å². The maximum atomic E-state index is 12.9. The summed E-state index contributed by atoms with van der Waals surface area (Å²) < 4.78 is 5.45. The standard InChI is InChI=1S/C32H27N3O3/c1-20-9-13-23(14-10-20)29-30(24-15-11-21(2)12-16-24)35-28-19-25(17-18-27(28)34-29)32(37)38-22(3)31(36)33-26-7-5-4-6-8-26/h4-19,22H,1-3H3,(H,33,36). The van der Waals surface area contributed by atoms with Crippen molar-refractivity contribution < 1.29 is 14.3 Å². The Labute approximate surface area is 221 Å². The zero-order valence-electron chi connectivity index (χ0n) is 21.4. The molecule has 4 aromatic carbocycles. The van der Waals surface area contributed by atoms with E-state index in [-0.39, 0.29) is 0 Å². The predicted molar refractivity (Wildman–Crippen MR) is 150 cm³/mol. The van der Waals surface area contributed by atoms with Crippen LogP contribution >= 0.6 is 0 Å². The smallest absolute Gasteiger partial charge is 0.338 e. The van der Waals surface area contributed by atoms with Gasteiger partial charge in [0.25, 0.3) is 5.91 Å². The van der Waals surface area contributed by atoms with Gasteiger partial charge in [0, 0.05) is 16.8 Å². The van der Waals surface area contributed by atoms with Crippen molar-refractivity contribution in [1.29, 1.82) is 0 Å². The van der Waals surface area contributed by atoms with Crippen molar-refractivity contribution in [2.75, 3.05) is 5.32 Å². The van der Waals surface area contributed by atoms with Crippen molar-refractivity contribution in [1.82, 2.24) is 9.97 Å². The average molecular weight is 502 g/mol. The van der Waals surface area contributed by atoms with Crippen LogP contribution in [0.5, 0.6) is 0 Å². The van der Waals surface area contributed by atoms with Crippen LogP contribution in [0.1, 0.15) is 28.4 Å². The number of carbonyl (C=O) groups is 2. The summed E-state index contributed by atoms with van der Waals surface area (Å²) >= 11 is 0. The molecule has 188 valence electrons. The molecule has 1 N–H and O–H groups in total. The van der Waals surface area contributed by atoms with E-state index in [0.29, 0.717) is 22.3 Å². The number of para-hydroxylation sites is 1. The fraction of sp³-hybridized carbons (Fsp3) is 0.125. The number of nitrogens with one attached hydrogen (secondary N) is 1. The van der Waals surface area contributed by atoms with Crippen LogP contribution in [0.4, 0.5) is 5.69 Å². The lowest BCUT2D eigenvalue weighted by Gasteiger charge is -2.14. The second-order valence-corrected chi connectivity index (χ2v) is 9.26. The molecular weight excluding hydrogens is 474 g/mol. The highest BCUT2D eigenvalue weighted by Crippen LogP contribution is 2.31. The number of hydrogen-bond acceptors (Lipinski definition) is 5. The molecule has 6 heteroatoms. The topological polar surface area (TPSA) is 81.2 Å². The minimum atomic E-state index is -0.975. The summed E-state index contributed by atoms with van der Waals surface area (Å²) in [5.74, 6) is -1.02. The van der Waals surface area contributed by atoms with Crippen LogP contribution in [0.15, 0.2) is 97.1 Å². The Bertz CT molecular complexity index is 1610. The number of hydrogen-bond donors (Lipinski definition) is 1. The van der Waals surface area contributed by atoms with E-state index in [1.54, 1.807) is 37.3 Å². The van der Waals surface area contributed by atoms with Gasteiger partial charge in [0.15, 0.2) is 6.10 Å². The molecule has 1 atom stereocenters. The fourth-order valence-electron chi connectivity index (χ4n) is 4.05. The second kappa shape index (κ2) is 10.6. The summed E-state index contributed by atoms with van der Waals surface area (Å²) in [6, 6.07) is 30.4. The Hall–Kier alpha value is -4.84. The van der Waals surface area contributed by atoms with Crippen LogP contribution in [0, 0.1) is 13.8 Å². The van der Waals surface area contributed by atoms with Gasteiger partial charge in [-0.05, 0) is 51.1 Å². The number of rotatable bonds is 6. The molecule has 0 radical (unpaired) electrons. The number of esters is 1. The highest BCUT2D eigenvalue weighted by molar-refractivity contribution is 5.99. The summed E-state index contributed by atoms with van der Waals surface area (Å²) in [4.78, 5) is 35.3. The quantitative estimate of drug-likeness (QED) is 0.260. The zero-order chi connectivity index (χ0) is 26.6. The van der Waals surface area contributed by atoms with Gasteiger partial charge in [-0.1, -0.05) is 77.9 Å². The Morgan fingerprint density at radius 3 is 1.84 bits per heavy atom. The molecule has 0 bridgehead atoms. The highest BCUT2D eigenvalue weighted by atomic mass is 16.5. The molecular formula is C32H27N3O3. The first-order valence-electron chi connectivity index (χ1n) is 12.4. The summed E-state index contributed by atoms with van der Waals surface area (Å²) in [7, 11) is 0. The zero-order valence-corrected chi connectivity index (χ0v) is 21.4. The predicted octanol–water partition coefficient (Wildman–Crippen LogP) is 6.76. The number of ether oxygens (including phenoxy) is 1. The van der Waals surface area contributed by atoms with E-state index in [1.807, 2.05) is 80.6 Å². The first-order chi connectivity index (χ1) is 18.4. The van der Waals surface area contributed by atoms with E-state index < -0.39 is 18.0 Å². The van der Waals surface area contributed by atoms with Crippen molar-refractivity contribution in [2.45, 2.75) is 26.9 Å². The molecule has 1 amide bonds. The van der Waals surface area contributed by atoms with Crippen molar-refractivity contribution in [2.24, 2.45) is 0 Å². The van der Waals surface area contributed by atoms with Crippen molar-refractivity contribution in [3.8, 4) is 22.5 Å². The molecule has 0 fully saturated rings. The molecule has 1 heterocycles. The van der Waals surface area contributed by atoms with Gasteiger partial charge in [-0.25, -0.2) is 14.8 Å². The second-order valence-electron chi connectivity index (χ2n) is 9.26. The normalized spacial score (nSPS) is 11.7. The number of carbonyl (C=O) groups excluding carboxylic acids is 2. The van der Waals surface area contributed by atoms with Crippen molar-refractivity contribution in [3.63, 3.8) is 0 Å². The molecule has 1 unspecified atom stereocenters. The molecule has 0 aliphatic heterocycles. The summed E-state index contributed by atoms with van der Waals surface area (Å²) in [6.07, 6.45) is -0.975. The van der Waals surface area contributed by atoms with Crippen LogP contribution in [0.3, 0.4) is 0 Å².